The number of carbonyl (C=O) groups excluding carboxylic acids is 2. The first-order chi connectivity index (χ1) is 12.1. The molecule has 0 saturated carbocycles. The first-order valence-electron chi connectivity index (χ1n) is 8.23. The summed E-state index contributed by atoms with van der Waals surface area (Å²) in [6.45, 7) is 4.73. The molecule has 0 atom stereocenters. The zero-order valence-electron chi connectivity index (χ0n) is 14.7. The van der Waals surface area contributed by atoms with E-state index in [1.807, 2.05) is 0 Å². The van der Waals surface area contributed by atoms with E-state index in [1.54, 1.807) is 44.6 Å². The van der Waals surface area contributed by atoms with Gasteiger partial charge in [-0.15, -0.1) is 6.58 Å². The van der Waals surface area contributed by atoms with Gasteiger partial charge >= 0.3 is 0 Å². The number of hydrogen-bond donors (Lipinski definition) is 0. The number of amides is 2. The van der Waals surface area contributed by atoms with Crippen molar-refractivity contribution in [1.82, 2.24) is 10.0 Å². The molecule has 1 heterocycles. The Morgan fingerprint density at radius 1 is 1.20 bits per heavy atom. The molecule has 0 unspecified atom stereocenters. The smallest absolute Gasteiger partial charge is 0.265 e. The second-order valence-electron chi connectivity index (χ2n) is 5.60. The fourth-order valence-corrected chi connectivity index (χ4v) is 2.67. The fourth-order valence-electron chi connectivity index (χ4n) is 2.67. The monoisotopic (exact) mass is 344 g/mol. The van der Waals surface area contributed by atoms with Crippen LogP contribution in [0.15, 0.2) is 36.9 Å². The number of methoxy groups -OCH3 is 2. The van der Waals surface area contributed by atoms with Gasteiger partial charge in [-0.2, -0.15) is 0 Å². The van der Waals surface area contributed by atoms with Crippen LogP contribution in [0.25, 0.3) is 6.08 Å². The Bertz CT molecular complexity index is 669. The molecule has 2 amide bonds. The van der Waals surface area contributed by atoms with Crippen molar-refractivity contribution in [2.45, 2.75) is 19.3 Å². The molecular weight excluding hydrogens is 320 g/mol. The van der Waals surface area contributed by atoms with E-state index in [2.05, 4.69) is 6.58 Å². The van der Waals surface area contributed by atoms with Gasteiger partial charge in [0.2, 0.25) is 5.91 Å². The van der Waals surface area contributed by atoms with Crippen LogP contribution in [0.1, 0.15) is 24.8 Å². The predicted octanol–water partition coefficient (Wildman–Crippen LogP) is 2.66. The Hall–Kier alpha value is -2.76. The SMILES string of the molecule is C=CCCC(=O)N1CCCN1C(=O)C=Cc1cc(OC)ccc1OC. The molecule has 0 radical (unpaired) electrons. The molecule has 1 aromatic rings. The summed E-state index contributed by atoms with van der Waals surface area (Å²) in [4.78, 5) is 24.7. The van der Waals surface area contributed by atoms with Gasteiger partial charge in [0, 0.05) is 31.1 Å². The third-order valence-electron chi connectivity index (χ3n) is 3.98. The van der Waals surface area contributed by atoms with Gasteiger partial charge in [-0.05, 0) is 37.1 Å². The lowest BCUT2D eigenvalue weighted by molar-refractivity contribution is -0.154. The lowest BCUT2D eigenvalue weighted by Crippen LogP contribution is -2.44. The number of carbonyl (C=O) groups is 2. The average molecular weight is 344 g/mol. The first kappa shape index (κ1) is 18.6. The highest BCUT2D eigenvalue weighted by atomic mass is 16.5. The van der Waals surface area contributed by atoms with Gasteiger partial charge in [-0.25, -0.2) is 5.01 Å². The average Bonchev–Trinajstić information content (AvgIpc) is 3.13. The van der Waals surface area contributed by atoms with Crippen molar-refractivity contribution >= 4 is 17.9 Å². The fraction of sp³-hybridized carbons (Fsp3) is 0.368. The van der Waals surface area contributed by atoms with Crippen molar-refractivity contribution in [2.75, 3.05) is 27.3 Å². The second-order valence-corrected chi connectivity index (χ2v) is 5.60. The molecule has 6 heteroatoms. The van der Waals surface area contributed by atoms with Crippen LogP contribution >= 0.6 is 0 Å². The van der Waals surface area contributed by atoms with Crippen LogP contribution in [-0.2, 0) is 9.59 Å². The van der Waals surface area contributed by atoms with Gasteiger partial charge in [0.1, 0.15) is 11.5 Å². The van der Waals surface area contributed by atoms with E-state index in [4.69, 9.17) is 9.47 Å². The van der Waals surface area contributed by atoms with Gasteiger partial charge in [-0.3, -0.25) is 14.6 Å². The molecule has 134 valence electrons. The highest BCUT2D eigenvalue weighted by molar-refractivity contribution is 5.93. The Morgan fingerprint density at radius 3 is 2.64 bits per heavy atom. The van der Waals surface area contributed by atoms with Crippen LogP contribution in [0.2, 0.25) is 0 Å². The zero-order valence-corrected chi connectivity index (χ0v) is 14.7. The van der Waals surface area contributed by atoms with Gasteiger partial charge in [0.15, 0.2) is 0 Å². The molecule has 0 spiro atoms. The number of benzene rings is 1. The minimum Gasteiger partial charge on any atom is -0.497 e. The molecule has 0 aromatic heterocycles. The quantitative estimate of drug-likeness (QED) is 0.564. The van der Waals surface area contributed by atoms with Crippen molar-refractivity contribution < 1.29 is 19.1 Å². The predicted molar refractivity (Wildman–Crippen MR) is 96.1 cm³/mol. The Morgan fingerprint density at radius 2 is 1.96 bits per heavy atom. The first-order valence-corrected chi connectivity index (χ1v) is 8.23. The van der Waals surface area contributed by atoms with Crippen LogP contribution in [0, 0.1) is 0 Å². The van der Waals surface area contributed by atoms with E-state index in [1.165, 1.54) is 16.1 Å². The van der Waals surface area contributed by atoms with E-state index in [0.717, 1.165) is 12.0 Å². The summed E-state index contributed by atoms with van der Waals surface area (Å²) in [7, 11) is 3.15. The second kappa shape index (κ2) is 8.92. The summed E-state index contributed by atoms with van der Waals surface area (Å²) in [5.74, 6) is 1.04. The highest BCUT2D eigenvalue weighted by Crippen LogP contribution is 2.25. The van der Waals surface area contributed by atoms with Gasteiger partial charge in [0.25, 0.3) is 5.91 Å². The van der Waals surface area contributed by atoms with E-state index in [0.29, 0.717) is 37.4 Å². The molecule has 0 aliphatic carbocycles. The Balaban J connectivity index is 2.11. The summed E-state index contributed by atoms with van der Waals surface area (Å²) < 4.78 is 10.5. The topological polar surface area (TPSA) is 59.1 Å². The summed E-state index contributed by atoms with van der Waals surface area (Å²) in [6.07, 6.45) is 6.58. The summed E-state index contributed by atoms with van der Waals surface area (Å²) in [6, 6.07) is 5.36. The van der Waals surface area contributed by atoms with Gasteiger partial charge in [-0.1, -0.05) is 6.08 Å². The molecule has 25 heavy (non-hydrogen) atoms. The molecule has 0 bridgehead atoms. The number of nitrogens with zero attached hydrogens (tertiary/aromatic N) is 2. The molecule has 6 nitrogen and oxygen atoms in total. The molecule has 1 fully saturated rings. The molecule has 1 aliphatic heterocycles. The summed E-state index contributed by atoms with van der Waals surface area (Å²) in [5.41, 5.74) is 0.735. The highest BCUT2D eigenvalue weighted by Gasteiger charge is 2.28. The van der Waals surface area contributed by atoms with Gasteiger partial charge < -0.3 is 9.47 Å². The number of allylic oxidation sites excluding steroid dienone is 1. The number of rotatable bonds is 7. The van der Waals surface area contributed by atoms with Crippen LogP contribution in [-0.4, -0.2) is 49.1 Å². The minimum atomic E-state index is -0.227. The maximum atomic E-state index is 12.5. The molecule has 0 N–H and O–H groups in total. The van der Waals surface area contributed by atoms with Crippen molar-refractivity contribution in [2.24, 2.45) is 0 Å². The van der Waals surface area contributed by atoms with Gasteiger partial charge in [0.05, 0.1) is 14.2 Å². The van der Waals surface area contributed by atoms with Crippen molar-refractivity contribution in [3.8, 4) is 11.5 Å². The Labute approximate surface area is 148 Å². The number of ether oxygens (including phenoxy) is 2. The summed E-state index contributed by atoms with van der Waals surface area (Å²) in [5, 5.41) is 3.02. The molecule has 1 aromatic carbocycles. The molecule has 1 aliphatic rings. The van der Waals surface area contributed by atoms with Crippen molar-refractivity contribution in [1.29, 1.82) is 0 Å². The number of hydrogen-bond acceptors (Lipinski definition) is 4. The zero-order chi connectivity index (χ0) is 18.2. The Kier molecular flexibility index (Phi) is 6.62. The lowest BCUT2D eigenvalue weighted by Gasteiger charge is -2.26. The lowest BCUT2D eigenvalue weighted by atomic mass is 10.1. The molecule has 1 saturated heterocycles. The maximum absolute atomic E-state index is 12.5. The largest absolute Gasteiger partial charge is 0.497 e. The third kappa shape index (κ3) is 4.62. The van der Waals surface area contributed by atoms with Crippen LogP contribution in [0.3, 0.4) is 0 Å². The van der Waals surface area contributed by atoms with E-state index in [-0.39, 0.29) is 11.8 Å². The standard InChI is InChI=1S/C19H24N2O4/c1-4-5-7-18(22)20-12-6-13-21(20)19(23)11-8-15-14-16(24-2)9-10-17(15)25-3/h4,8-11,14H,1,5-7,12-13H2,2-3H3. The third-order valence-corrected chi connectivity index (χ3v) is 3.98. The molecular formula is C19H24N2O4. The van der Waals surface area contributed by atoms with Crippen LogP contribution in [0.5, 0.6) is 11.5 Å². The normalized spacial score (nSPS) is 14.0. The molecule has 2 rings (SSSR count). The minimum absolute atomic E-state index is 0.0573. The van der Waals surface area contributed by atoms with Crippen LogP contribution < -0.4 is 9.47 Å². The van der Waals surface area contributed by atoms with E-state index >= 15 is 0 Å². The maximum Gasteiger partial charge on any atom is 0.265 e. The summed E-state index contributed by atoms with van der Waals surface area (Å²) >= 11 is 0. The van der Waals surface area contributed by atoms with Crippen molar-refractivity contribution in [3.63, 3.8) is 0 Å². The van der Waals surface area contributed by atoms with E-state index < -0.39 is 0 Å². The number of hydrazine groups is 1. The van der Waals surface area contributed by atoms with Crippen molar-refractivity contribution in [3.05, 3.63) is 42.5 Å². The van der Waals surface area contributed by atoms with E-state index in [9.17, 15) is 9.59 Å². The van der Waals surface area contributed by atoms with Crippen LogP contribution in [0.4, 0.5) is 0 Å².